The van der Waals surface area contributed by atoms with Gasteiger partial charge >= 0.3 is 0 Å². The summed E-state index contributed by atoms with van der Waals surface area (Å²) in [6, 6.07) is 9.11. The molecule has 1 aromatic carbocycles. The smallest absolute Gasteiger partial charge is 0.163 e. The maximum Gasteiger partial charge on any atom is 0.163 e. The molecule has 0 saturated carbocycles. The summed E-state index contributed by atoms with van der Waals surface area (Å²) in [4.78, 5) is 0. The molecule has 15 heavy (non-hydrogen) atoms. The first-order valence-corrected chi connectivity index (χ1v) is 4.32. The van der Waals surface area contributed by atoms with Crippen molar-refractivity contribution in [2.45, 2.75) is 0 Å². The van der Waals surface area contributed by atoms with E-state index in [0.717, 1.165) is 5.69 Å². The Hall–Kier alpha value is -2.48. The zero-order valence-electron chi connectivity index (χ0n) is 7.88. The van der Waals surface area contributed by atoms with Crippen LogP contribution in [0.1, 0.15) is 5.56 Å². The third kappa shape index (κ3) is 1.60. The molecule has 0 aliphatic heterocycles. The fourth-order valence-electron chi connectivity index (χ4n) is 1.23. The van der Waals surface area contributed by atoms with Crippen LogP contribution in [0.25, 0.3) is 5.69 Å². The number of nitrogens with zero attached hydrogens (tertiary/aromatic N) is 3. The molecule has 0 bridgehead atoms. The summed E-state index contributed by atoms with van der Waals surface area (Å²) >= 11 is 0. The van der Waals surface area contributed by atoms with Gasteiger partial charge in [0.2, 0.25) is 0 Å². The number of nitrogens with two attached hydrogens (primary N) is 2. The Morgan fingerprint density at radius 2 is 1.87 bits per heavy atom. The van der Waals surface area contributed by atoms with Gasteiger partial charge in [0.25, 0.3) is 0 Å². The maximum absolute atomic E-state index is 8.72. The molecule has 74 valence electrons. The number of aromatic nitrogens is 2. The van der Waals surface area contributed by atoms with Gasteiger partial charge in [-0.1, -0.05) is 0 Å². The van der Waals surface area contributed by atoms with Crippen LogP contribution in [-0.4, -0.2) is 9.78 Å². The summed E-state index contributed by atoms with van der Waals surface area (Å²) in [5.41, 5.74) is 13.0. The lowest BCUT2D eigenvalue weighted by Crippen LogP contribution is -1.96. The number of nitriles is 1. The first-order chi connectivity index (χ1) is 7.20. The van der Waals surface area contributed by atoms with Crippen molar-refractivity contribution in [2.75, 3.05) is 11.5 Å². The SMILES string of the molecule is N#Cc1cn(-c2ccc(N)cc2)nc1N. The summed E-state index contributed by atoms with van der Waals surface area (Å²) < 4.78 is 1.55. The van der Waals surface area contributed by atoms with Crippen molar-refractivity contribution in [3.05, 3.63) is 36.0 Å². The van der Waals surface area contributed by atoms with Gasteiger partial charge in [-0.05, 0) is 24.3 Å². The number of hydrogen-bond donors (Lipinski definition) is 2. The average Bonchev–Trinajstić information content (AvgIpc) is 2.61. The van der Waals surface area contributed by atoms with Crippen LogP contribution in [0, 0.1) is 11.3 Å². The van der Waals surface area contributed by atoms with Crippen molar-refractivity contribution in [1.82, 2.24) is 9.78 Å². The Morgan fingerprint density at radius 1 is 1.20 bits per heavy atom. The molecule has 0 radical (unpaired) electrons. The van der Waals surface area contributed by atoms with Gasteiger partial charge in [-0.3, -0.25) is 0 Å². The van der Waals surface area contributed by atoms with Crippen molar-refractivity contribution in [1.29, 1.82) is 5.26 Å². The van der Waals surface area contributed by atoms with E-state index in [9.17, 15) is 0 Å². The minimum atomic E-state index is 0.231. The third-order valence-electron chi connectivity index (χ3n) is 2.02. The fraction of sp³-hybridized carbons (Fsp3) is 0. The average molecular weight is 199 g/mol. The van der Waals surface area contributed by atoms with E-state index in [0.29, 0.717) is 11.3 Å². The molecule has 5 heteroatoms. The number of nitrogen functional groups attached to an aromatic ring is 2. The molecule has 0 saturated heterocycles. The Morgan fingerprint density at radius 3 is 2.40 bits per heavy atom. The molecule has 2 aromatic rings. The molecule has 1 heterocycles. The van der Waals surface area contributed by atoms with E-state index < -0.39 is 0 Å². The molecule has 0 amide bonds. The van der Waals surface area contributed by atoms with Crippen LogP contribution in [0.15, 0.2) is 30.5 Å². The van der Waals surface area contributed by atoms with Crippen LogP contribution in [0.5, 0.6) is 0 Å². The second kappa shape index (κ2) is 3.35. The highest BCUT2D eigenvalue weighted by Crippen LogP contribution is 2.14. The van der Waals surface area contributed by atoms with Gasteiger partial charge in [0, 0.05) is 5.69 Å². The summed E-state index contributed by atoms with van der Waals surface area (Å²) in [7, 11) is 0. The summed E-state index contributed by atoms with van der Waals surface area (Å²) in [5.74, 6) is 0.231. The van der Waals surface area contributed by atoms with E-state index in [1.165, 1.54) is 0 Å². The summed E-state index contributed by atoms with van der Waals surface area (Å²) in [5, 5.41) is 12.7. The molecule has 2 rings (SSSR count). The minimum absolute atomic E-state index is 0.231. The van der Waals surface area contributed by atoms with Crippen LogP contribution in [-0.2, 0) is 0 Å². The van der Waals surface area contributed by atoms with E-state index in [2.05, 4.69) is 5.10 Å². The van der Waals surface area contributed by atoms with Crippen molar-refractivity contribution < 1.29 is 0 Å². The van der Waals surface area contributed by atoms with Gasteiger partial charge < -0.3 is 11.5 Å². The Labute approximate surface area is 86.5 Å². The fourth-order valence-corrected chi connectivity index (χ4v) is 1.23. The van der Waals surface area contributed by atoms with E-state index in [1.807, 2.05) is 18.2 Å². The molecule has 0 spiro atoms. The van der Waals surface area contributed by atoms with Crippen LogP contribution >= 0.6 is 0 Å². The third-order valence-corrected chi connectivity index (χ3v) is 2.02. The zero-order valence-corrected chi connectivity index (χ0v) is 7.88. The highest BCUT2D eigenvalue weighted by atomic mass is 15.3. The Bertz CT molecular complexity index is 518. The van der Waals surface area contributed by atoms with Crippen LogP contribution < -0.4 is 11.5 Å². The molecule has 5 nitrogen and oxygen atoms in total. The molecule has 0 aliphatic rings. The number of benzene rings is 1. The first kappa shape index (κ1) is 9.09. The molecular formula is C10H9N5. The second-order valence-electron chi connectivity index (χ2n) is 3.08. The van der Waals surface area contributed by atoms with E-state index in [4.69, 9.17) is 16.7 Å². The summed E-state index contributed by atoms with van der Waals surface area (Å²) in [6.07, 6.45) is 1.58. The predicted molar refractivity (Wildman–Crippen MR) is 57.1 cm³/mol. The number of rotatable bonds is 1. The van der Waals surface area contributed by atoms with E-state index >= 15 is 0 Å². The topological polar surface area (TPSA) is 93.6 Å². The lowest BCUT2D eigenvalue weighted by atomic mass is 10.3. The van der Waals surface area contributed by atoms with Gasteiger partial charge in [0.1, 0.15) is 11.6 Å². The Balaban J connectivity index is 2.46. The zero-order chi connectivity index (χ0) is 10.8. The van der Waals surface area contributed by atoms with E-state index in [1.54, 1.807) is 23.0 Å². The lowest BCUT2D eigenvalue weighted by Gasteiger charge is -2.00. The maximum atomic E-state index is 8.72. The number of hydrogen-bond acceptors (Lipinski definition) is 4. The minimum Gasteiger partial charge on any atom is -0.399 e. The molecule has 0 aliphatic carbocycles. The van der Waals surface area contributed by atoms with Gasteiger partial charge in [0.05, 0.1) is 11.9 Å². The van der Waals surface area contributed by atoms with Crippen LogP contribution in [0.4, 0.5) is 11.5 Å². The highest BCUT2D eigenvalue weighted by Gasteiger charge is 2.05. The molecule has 0 unspecified atom stereocenters. The normalized spacial score (nSPS) is 9.80. The highest BCUT2D eigenvalue weighted by molar-refractivity contribution is 5.50. The molecule has 1 aromatic heterocycles. The molecule has 4 N–H and O–H groups in total. The van der Waals surface area contributed by atoms with E-state index in [-0.39, 0.29) is 5.82 Å². The quantitative estimate of drug-likeness (QED) is 0.667. The van der Waals surface area contributed by atoms with Gasteiger partial charge in [-0.2, -0.15) is 5.26 Å². The summed E-state index contributed by atoms with van der Waals surface area (Å²) in [6.45, 7) is 0. The van der Waals surface area contributed by atoms with Gasteiger partial charge in [0.15, 0.2) is 5.82 Å². The monoisotopic (exact) mass is 199 g/mol. The lowest BCUT2D eigenvalue weighted by molar-refractivity contribution is 0.886. The first-order valence-electron chi connectivity index (χ1n) is 4.32. The van der Waals surface area contributed by atoms with Crippen molar-refractivity contribution in [3.63, 3.8) is 0 Å². The standard InChI is InChI=1S/C10H9N5/c11-5-7-6-15(14-10(7)13)9-3-1-8(12)2-4-9/h1-4,6H,12H2,(H2,13,14). The van der Waals surface area contributed by atoms with Crippen molar-refractivity contribution >= 4 is 11.5 Å². The second-order valence-corrected chi connectivity index (χ2v) is 3.08. The van der Waals surface area contributed by atoms with Crippen LogP contribution in [0.2, 0.25) is 0 Å². The largest absolute Gasteiger partial charge is 0.399 e. The van der Waals surface area contributed by atoms with Crippen molar-refractivity contribution in [2.24, 2.45) is 0 Å². The van der Waals surface area contributed by atoms with Crippen molar-refractivity contribution in [3.8, 4) is 11.8 Å². The Kier molecular flexibility index (Phi) is 2.03. The van der Waals surface area contributed by atoms with Gasteiger partial charge in [-0.25, -0.2) is 4.68 Å². The van der Waals surface area contributed by atoms with Gasteiger partial charge in [-0.15, -0.1) is 5.10 Å². The number of anilines is 2. The molecule has 0 fully saturated rings. The molecule has 0 atom stereocenters. The molecular weight excluding hydrogens is 190 g/mol. The predicted octanol–water partition coefficient (Wildman–Crippen LogP) is 0.908. The van der Waals surface area contributed by atoms with Crippen LogP contribution in [0.3, 0.4) is 0 Å².